The molecule has 16 heavy (non-hydrogen) atoms. The van der Waals surface area contributed by atoms with E-state index in [1.165, 1.54) is 14.3 Å². The lowest BCUT2D eigenvalue weighted by atomic mass is 10.2. The second-order valence-electron chi connectivity index (χ2n) is 3.51. The van der Waals surface area contributed by atoms with Crippen LogP contribution >= 0.6 is 34.3 Å². The van der Waals surface area contributed by atoms with Crippen LogP contribution in [0.2, 0.25) is 0 Å². The number of fused-ring (bicyclic) bond motifs is 1. The fourth-order valence-electron chi connectivity index (χ4n) is 1.62. The molecule has 5 heteroatoms. The van der Waals surface area contributed by atoms with Crippen molar-refractivity contribution in [3.05, 3.63) is 40.6 Å². The molecule has 1 atom stereocenters. The zero-order chi connectivity index (χ0) is 11.0. The highest BCUT2D eigenvalue weighted by Gasteiger charge is 2.14. The van der Waals surface area contributed by atoms with Crippen LogP contribution < -0.4 is 0 Å². The first-order valence-corrected chi connectivity index (χ1v) is 7.05. The van der Waals surface area contributed by atoms with Crippen LogP contribution in [-0.2, 0) is 6.42 Å². The van der Waals surface area contributed by atoms with Gasteiger partial charge in [0.2, 0.25) is 0 Å². The van der Waals surface area contributed by atoms with E-state index < -0.39 is 0 Å². The molecule has 0 spiro atoms. The number of thiophene rings is 2. The Balaban J connectivity index is 1.84. The number of rotatable bonds is 3. The number of hydrogen-bond acceptors (Lipinski definition) is 3. The van der Waals surface area contributed by atoms with Crippen LogP contribution in [0.5, 0.6) is 0 Å². The van der Waals surface area contributed by atoms with Gasteiger partial charge in [-0.2, -0.15) is 0 Å². The molecule has 0 saturated carbocycles. The van der Waals surface area contributed by atoms with Crippen LogP contribution in [0.1, 0.15) is 16.1 Å². The minimum Gasteiger partial charge on any atom is -0.349 e. The van der Waals surface area contributed by atoms with Crippen molar-refractivity contribution in [1.82, 2.24) is 9.97 Å². The standard InChI is InChI=1S/C11H9ClN2S2/c12-7(5-11-13-2-3-14-11)9-6-10-8(16-9)1-4-15-10/h1-4,6-7H,5H2,(H,13,14). The summed E-state index contributed by atoms with van der Waals surface area (Å²) in [4.78, 5) is 8.49. The molecule has 0 aromatic carbocycles. The first-order chi connectivity index (χ1) is 7.83. The minimum absolute atomic E-state index is 0.00995. The van der Waals surface area contributed by atoms with Crippen LogP contribution in [0.3, 0.4) is 0 Å². The van der Waals surface area contributed by atoms with Crippen LogP contribution in [0.25, 0.3) is 9.40 Å². The predicted molar refractivity (Wildman–Crippen MR) is 70.6 cm³/mol. The molecule has 2 nitrogen and oxygen atoms in total. The molecule has 1 unspecified atom stereocenters. The lowest BCUT2D eigenvalue weighted by molar-refractivity contribution is 0.868. The third kappa shape index (κ3) is 1.88. The predicted octanol–water partition coefficient (Wildman–Crippen LogP) is 4.21. The number of H-pyrrole nitrogens is 1. The van der Waals surface area contributed by atoms with E-state index in [9.17, 15) is 0 Å². The highest BCUT2D eigenvalue weighted by molar-refractivity contribution is 7.27. The second-order valence-corrected chi connectivity index (χ2v) is 6.10. The monoisotopic (exact) mass is 268 g/mol. The zero-order valence-corrected chi connectivity index (χ0v) is 10.7. The Hall–Kier alpha value is -0.840. The van der Waals surface area contributed by atoms with Crippen LogP contribution in [0, 0.1) is 0 Å². The number of aromatic amines is 1. The molecule has 0 amide bonds. The Bertz CT molecular complexity index is 553. The maximum atomic E-state index is 6.38. The Kier molecular flexibility index (Phi) is 2.71. The van der Waals surface area contributed by atoms with Crippen molar-refractivity contribution < 1.29 is 0 Å². The second kappa shape index (κ2) is 4.20. The lowest BCUT2D eigenvalue weighted by Gasteiger charge is -2.03. The van der Waals surface area contributed by atoms with Gasteiger partial charge in [0.1, 0.15) is 5.82 Å². The number of halogens is 1. The molecule has 0 radical (unpaired) electrons. The van der Waals surface area contributed by atoms with E-state index in [1.807, 2.05) is 6.20 Å². The molecule has 82 valence electrons. The molecule has 0 aliphatic carbocycles. The highest BCUT2D eigenvalue weighted by Crippen LogP contribution is 2.36. The van der Waals surface area contributed by atoms with E-state index in [0.29, 0.717) is 0 Å². The van der Waals surface area contributed by atoms with Gasteiger partial charge in [-0.25, -0.2) is 4.98 Å². The van der Waals surface area contributed by atoms with Gasteiger partial charge in [-0.1, -0.05) is 0 Å². The van der Waals surface area contributed by atoms with Gasteiger partial charge in [0.25, 0.3) is 0 Å². The maximum Gasteiger partial charge on any atom is 0.107 e. The molecular formula is C11H9ClN2S2. The summed E-state index contributed by atoms with van der Waals surface area (Å²) in [5, 5.41) is 2.12. The number of nitrogens with zero attached hydrogens (tertiary/aromatic N) is 1. The zero-order valence-electron chi connectivity index (χ0n) is 8.31. The molecular weight excluding hydrogens is 260 g/mol. The van der Waals surface area contributed by atoms with Crippen molar-refractivity contribution in [3.63, 3.8) is 0 Å². The highest BCUT2D eigenvalue weighted by atomic mass is 35.5. The van der Waals surface area contributed by atoms with Crippen molar-refractivity contribution >= 4 is 43.7 Å². The van der Waals surface area contributed by atoms with Gasteiger partial charge in [0, 0.05) is 33.1 Å². The molecule has 0 fully saturated rings. The summed E-state index contributed by atoms with van der Waals surface area (Å²) in [5.41, 5.74) is 0. The minimum atomic E-state index is 0.00995. The normalized spacial score (nSPS) is 13.3. The molecule has 0 bridgehead atoms. The number of hydrogen-bond donors (Lipinski definition) is 1. The van der Waals surface area contributed by atoms with Gasteiger partial charge in [0.15, 0.2) is 0 Å². The van der Waals surface area contributed by atoms with Crippen LogP contribution in [0.15, 0.2) is 29.9 Å². The Labute approximate surface area is 106 Å². The third-order valence-corrected chi connectivity index (χ3v) is 5.12. The molecule has 0 saturated heterocycles. The van der Waals surface area contributed by atoms with Gasteiger partial charge in [-0.15, -0.1) is 34.3 Å². The van der Waals surface area contributed by atoms with Crippen molar-refractivity contribution in [2.45, 2.75) is 11.8 Å². The summed E-state index contributed by atoms with van der Waals surface area (Å²) in [6.45, 7) is 0. The quantitative estimate of drug-likeness (QED) is 0.709. The number of nitrogens with one attached hydrogen (secondary N) is 1. The molecule has 0 aliphatic heterocycles. The first-order valence-electron chi connectivity index (χ1n) is 4.92. The van der Waals surface area contributed by atoms with Gasteiger partial charge in [0.05, 0.1) is 5.38 Å². The fourth-order valence-corrected chi connectivity index (χ4v) is 4.06. The molecule has 3 heterocycles. The first kappa shape index (κ1) is 10.3. The van der Waals surface area contributed by atoms with Gasteiger partial charge in [-0.05, 0) is 17.5 Å². The SMILES string of the molecule is ClC(Cc1ncc[nH]1)c1cc2sccc2s1. The number of alkyl halides is 1. The van der Waals surface area contributed by atoms with E-state index in [0.717, 1.165) is 12.2 Å². The Morgan fingerprint density at radius 2 is 2.38 bits per heavy atom. The van der Waals surface area contributed by atoms with E-state index in [1.54, 1.807) is 28.9 Å². The number of imidazole rings is 1. The van der Waals surface area contributed by atoms with Gasteiger partial charge < -0.3 is 4.98 Å². The average molecular weight is 269 g/mol. The Morgan fingerprint density at radius 1 is 1.44 bits per heavy atom. The van der Waals surface area contributed by atoms with E-state index >= 15 is 0 Å². The molecule has 3 aromatic heterocycles. The van der Waals surface area contributed by atoms with Crippen LogP contribution in [-0.4, -0.2) is 9.97 Å². The molecule has 1 N–H and O–H groups in total. The topological polar surface area (TPSA) is 28.7 Å². The molecule has 3 aromatic rings. The van der Waals surface area contributed by atoms with Gasteiger partial charge in [-0.3, -0.25) is 0 Å². The summed E-state index contributed by atoms with van der Waals surface area (Å²) in [6, 6.07) is 4.33. The summed E-state index contributed by atoms with van der Waals surface area (Å²) in [7, 11) is 0. The van der Waals surface area contributed by atoms with E-state index in [4.69, 9.17) is 11.6 Å². The Morgan fingerprint density at radius 3 is 3.12 bits per heavy atom. The van der Waals surface area contributed by atoms with E-state index in [-0.39, 0.29) is 5.38 Å². The summed E-state index contributed by atoms with van der Waals surface area (Å²) >= 11 is 9.91. The third-order valence-electron chi connectivity index (χ3n) is 2.39. The molecule has 0 aliphatic rings. The number of aromatic nitrogens is 2. The van der Waals surface area contributed by atoms with Crippen LogP contribution in [0.4, 0.5) is 0 Å². The summed E-state index contributed by atoms with van der Waals surface area (Å²) in [6.07, 6.45) is 4.33. The lowest BCUT2D eigenvalue weighted by Crippen LogP contribution is -1.95. The van der Waals surface area contributed by atoms with Gasteiger partial charge >= 0.3 is 0 Å². The fraction of sp³-hybridized carbons (Fsp3) is 0.182. The van der Waals surface area contributed by atoms with Crippen molar-refractivity contribution in [2.24, 2.45) is 0 Å². The van der Waals surface area contributed by atoms with E-state index in [2.05, 4.69) is 27.5 Å². The maximum absolute atomic E-state index is 6.38. The van der Waals surface area contributed by atoms with Crippen molar-refractivity contribution in [1.29, 1.82) is 0 Å². The largest absolute Gasteiger partial charge is 0.349 e. The van der Waals surface area contributed by atoms with Crippen molar-refractivity contribution in [3.8, 4) is 0 Å². The summed E-state index contributed by atoms with van der Waals surface area (Å²) < 4.78 is 2.65. The summed E-state index contributed by atoms with van der Waals surface area (Å²) in [5.74, 6) is 0.941. The van der Waals surface area contributed by atoms with Crippen molar-refractivity contribution in [2.75, 3.05) is 0 Å². The molecule has 3 rings (SSSR count). The smallest absolute Gasteiger partial charge is 0.107 e. The average Bonchev–Trinajstić information content (AvgIpc) is 2.91.